The average Bonchev–Trinajstić information content (AvgIpc) is 3.25. The molecular formula is C31H53NO3. The molecule has 4 nitrogen and oxygen atoms in total. The number of hydrogen-bond acceptors (Lipinski definition) is 4. The molecule has 2 unspecified atom stereocenters. The highest BCUT2D eigenvalue weighted by molar-refractivity contribution is 5.59. The van der Waals surface area contributed by atoms with E-state index in [2.05, 4.69) is 51.7 Å². The van der Waals surface area contributed by atoms with Crippen LogP contribution in [0.5, 0.6) is 0 Å². The van der Waals surface area contributed by atoms with Crippen LogP contribution in [0.4, 0.5) is 0 Å². The van der Waals surface area contributed by atoms with Crippen molar-refractivity contribution in [1.82, 2.24) is 4.90 Å². The van der Waals surface area contributed by atoms with Crippen LogP contribution in [0, 0.1) is 16.2 Å². The van der Waals surface area contributed by atoms with Gasteiger partial charge >= 0.3 is 0 Å². The maximum Gasteiger partial charge on any atom is 0.0734 e. The second-order valence-corrected chi connectivity index (χ2v) is 12.2. The van der Waals surface area contributed by atoms with E-state index in [9.17, 15) is 0 Å². The van der Waals surface area contributed by atoms with E-state index in [1.807, 2.05) is 20.8 Å². The van der Waals surface area contributed by atoms with Crippen LogP contribution in [-0.2, 0) is 14.2 Å². The van der Waals surface area contributed by atoms with Gasteiger partial charge in [0.15, 0.2) is 0 Å². The van der Waals surface area contributed by atoms with Gasteiger partial charge in [0.2, 0.25) is 0 Å². The Bertz CT molecular complexity index is 800. The lowest BCUT2D eigenvalue weighted by Gasteiger charge is -2.36. The molecule has 2 saturated carbocycles. The highest BCUT2D eigenvalue weighted by atomic mass is 16.5. The Morgan fingerprint density at radius 3 is 2.40 bits per heavy atom. The van der Waals surface area contributed by atoms with E-state index < -0.39 is 0 Å². The van der Waals surface area contributed by atoms with Crippen LogP contribution in [0.2, 0.25) is 0 Å². The van der Waals surface area contributed by atoms with Gasteiger partial charge in [0.05, 0.1) is 32.5 Å². The molecule has 1 aliphatic heterocycles. The lowest BCUT2D eigenvalue weighted by atomic mass is 9.72. The Hall–Kier alpha value is -0.940. The molecule has 0 bridgehead atoms. The van der Waals surface area contributed by atoms with Crippen molar-refractivity contribution in [2.24, 2.45) is 16.2 Å². The Morgan fingerprint density at radius 1 is 1.06 bits per heavy atom. The molecule has 3 fully saturated rings. The van der Waals surface area contributed by atoms with Crippen LogP contribution in [0.3, 0.4) is 0 Å². The Kier molecular flexibility index (Phi) is 9.87. The molecule has 0 N–H and O–H groups in total. The summed E-state index contributed by atoms with van der Waals surface area (Å²) in [5, 5.41) is 0. The van der Waals surface area contributed by atoms with Crippen molar-refractivity contribution >= 4 is 0 Å². The van der Waals surface area contributed by atoms with Gasteiger partial charge in [-0.3, -0.25) is 4.90 Å². The first kappa shape index (κ1) is 28.6. The first-order valence-corrected chi connectivity index (χ1v) is 14.3. The summed E-state index contributed by atoms with van der Waals surface area (Å²) in [5.41, 5.74) is 7.48. The quantitative estimate of drug-likeness (QED) is 0.346. The van der Waals surface area contributed by atoms with Crippen molar-refractivity contribution in [2.75, 3.05) is 52.7 Å². The van der Waals surface area contributed by atoms with Crippen LogP contribution < -0.4 is 0 Å². The van der Waals surface area contributed by atoms with Gasteiger partial charge in [-0.2, -0.15) is 0 Å². The predicted octanol–water partition coefficient (Wildman–Crippen LogP) is 6.97. The topological polar surface area (TPSA) is 30.9 Å². The monoisotopic (exact) mass is 487 g/mol. The Balaban J connectivity index is 0.00000167. The zero-order valence-electron chi connectivity index (χ0n) is 24.1. The predicted molar refractivity (Wildman–Crippen MR) is 147 cm³/mol. The second kappa shape index (κ2) is 12.1. The summed E-state index contributed by atoms with van der Waals surface area (Å²) >= 11 is 0. The third-order valence-corrected chi connectivity index (χ3v) is 8.36. The minimum atomic E-state index is 0.0982. The van der Waals surface area contributed by atoms with E-state index in [0.29, 0.717) is 24.0 Å². The first-order valence-electron chi connectivity index (χ1n) is 14.3. The van der Waals surface area contributed by atoms with E-state index in [4.69, 9.17) is 14.2 Å². The summed E-state index contributed by atoms with van der Waals surface area (Å²) in [4.78, 5) is 2.61. The molecule has 1 heterocycles. The SMILES string of the molecule is CC.CCOCCOC(C)/C=C1\CC=C2C(=C1CN1CCOCC1)C1(CCC(C)(C)C1)CC2(C)C. The van der Waals surface area contributed by atoms with Crippen molar-refractivity contribution in [2.45, 2.75) is 93.6 Å². The molecule has 35 heavy (non-hydrogen) atoms. The fraction of sp³-hybridized carbons (Fsp3) is 0.806. The average molecular weight is 488 g/mol. The van der Waals surface area contributed by atoms with Gasteiger partial charge in [0.1, 0.15) is 0 Å². The van der Waals surface area contributed by atoms with Crippen LogP contribution in [0.1, 0.15) is 87.5 Å². The van der Waals surface area contributed by atoms with Crippen LogP contribution >= 0.6 is 0 Å². The number of morpholine rings is 1. The molecule has 4 heteroatoms. The molecule has 0 radical (unpaired) electrons. The number of nitrogens with zero attached hydrogens (tertiary/aromatic N) is 1. The molecule has 200 valence electrons. The molecule has 0 aromatic heterocycles. The summed E-state index contributed by atoms with van der Waals surface area (Å²) in [7, 11) is 0. The molecule has 1 saturated heterocycles. The normalized spacial score (nSPS) is 29.7. The third kappa shape index (κ3) is 6.69. The summed E-state index contributed by atoms with van der Waals surface area (Å²) in [5.74, 6) is 0. The first-order chi connectivity index (χ1) is 16.7. The zero-order valence-corrected chi connectivity index (χ0v) is 24.1. The molecule has 1 spiro atoms. The van der Waals surface area contributed by atoms with Gasteiger partial charge in [-0.05, 0) is 84.5 Å². The number of fused-ring (bicyclic) bond motifs is 2. The zero-order chi connectivity index (χ0) is 25.7. The maximum absolute atomic E-state index is 6.11. The van der Waals surface area contributed by atoms with Crippen LogP contribution in [0.15, 0.2) is 34.4 Å². The van der Waals surface area contributed by atoms with E-state index in [1.165, 1.54) is 31.3 Å². The highest BCUT2D eigenvalue weighted by Crippen LogP contribution is 2.68. The summed E-state index contributed by atoms with van der Waals surface area (Å²) in [6.07, 6.45) is 11.4. The van der Waals surface area contributed by atoms with Gasteiger partial charge in [-0.25, -0.2) is 0 Å². The summed E-state index contributed by atoms with van der Waals surface area (Å²) < 4.78 is 17.3. The van der Waals surface area contributed by atoms with E-state index in [1.54, 1.807) is 16.7 Å². The smallest absolute Gasteiger partial charge is 0.0734 e. The Morgan fingerprint density at radius 2 is 1.77 bits per heavy atom. The standard InChI is InChI=1S/C29H47NO3.C2H6/c1-7-31-16-17-33-22(2)18-23-8-9-25-26(24(23)19-30-12-14-32-15-13-30)29(21-28(25,5)6)11-10-27(3,4)20-29;1-2/h9,18,22H,7-8,10-17,19-21H2,1-6H3;1-2H3/b23-18+;. The molecular weight excluding hydrogens is 434 g/mol. The number of hydrogen-bond donors (Lipinski definition) is 0. The van der Waals surface area contributed by atoms with Crippen molar-refractivity contribution in [3.05, 3.63) is 34.4 Å². The largest absolute Gasteiger partial charge is 0.379 e. The maximum atomic E-state index is 6.11. The molecule has 4 aliphatic rings. The summed E-state index contributed by atoms with van der Waals surface area (Å²) in [6.45, 7) is 25.0. The van der Waals surface area contributed by atoms with Crippen LogP contribution in [-0.4, -0.2) is 63.7 Å². The molecule has 0 aromatic rings. The molecule has 4 rings (SSSR count). The molecule has 3 aliphatic carbocycles. The molecule has 2 atom stereocenters. The summed E-state index contributed by atoms with van der Waals surface area (Å²) in [6, 6.07) is 0. The fourth-order valence-corrected chi connectivity index (χ4v) is 7.15. The van der Waals surface area contributed by atoms with Crippen LogP contribution in [0.25, 0.3) is 0 Å². The third-order valence-electron chi connectivity index (χ3n) is 8.36. The Labute approximate surface area is 216 Å². The minimum absolute atomic E-state index is 0.0982. The van der Waals surface area contributed by atoms with Gasteiger partial charge in [0, 0.05) is 26.2 Å². The fourth-order valence-electron chi connectivity index (χ4n) is 7.15. The van der Waals surface area contributed by atoms with Crippen molar-refractivity contribution in [3.63, 3.8) is 0 Å². The van der Waals surface area contributed by atoms with Crippen molar-refractivity contribution < 1.29 is 14.2 Å². The number of ether oxygens (including phenoxy) is 3. The van der Waals surface area contributed by atoms with E-state index in [-0.39, 0.29) is 11.5 Å². The molecule has 0 aromatic carbocycles. The van der Waals surface area contributed by atoms with E-state index >= 15 is 0 Å². The van der Waals surface area contributed by atoms with Gasteiger partial charge in [0.25, 0.3) is 0 Å². The highest BCUT2D eigenvalue weighted by Gasteiger charge is 2.56. The van der Waals surface area contributed by atoms with Crippen molar-refractivity contribution in [1.29, 1.82) is 0 Å². The van der Waals surface area contributed by atoms with Gasteiger partial charge in [-0.15, -0.1) is 0 Å². The lowest BCUT2D eigenvalue weighted by Crippen LogP contribution is -2.38. The number of allylic oxidation sites excluding steroid dienone is 3. The van der Waals surface area contributed by atoms with E-state index in [0.717, 1.165) is 45.9 Å². The van der Waals surface area contributed by atoms with Crippen molar-refractivity contribution in [3.8, 4) is 0 Å². The second-order valence-electron chi connectivity index (χ2n) is 12.2. The molecule has 0 amide bonds. The minimum Gasteiger partial charge on any atom is -0.379 e. The van der Waals surface area contributed by atoms with Gasteiger partial charge < -0.3 is 14.2 Å². The van der Waals surface area contributed by atoms with Gasteiger partial charge in [-0.1, -0.05) is 53.7 Å². The lowest BCUT2D eigenvalue weighted by molar-refractivity contribution is 0.0331. The number of rotatable bonds is 8.